The number of ketones is 1. The van der Waals surface area contributed by atoms with Crippen LogP contribution in [0.2, 0.25) is 5.02 Å². The van der Waals surface area contributed by atoms with Crippen molar-refractivity contribution in [3.8, 4) is 0 Å². The van der Waals surface area contributed by atoms with Gasteiger partial charge in [0.15, 0.2) is 5.78 Å². The van der Waals surface area contributed by atoms with Gasteiger partial charge in [0.2, 0.25) is 0 Å². The second-order valence-corrected chi connectivity index (χ2v) is 7.16. The lowest BCUT2D eigenvalue weighted by atomic mass is 10.0. The van der Waals surface area contributed by atoms with Gasteiger partial charge in [-0.25, -0.2) is 0 Å². The maximum absolute atomic E-state index is 11.5. The fourth-order valence-corrected chi connectivity index (χ4v) is 3.27. The summed E-state index contributed by atoms with van der Waals surface area (Å²) in [6.07, 6.45) is 2.48. The number of carbonyl (C=O) groups excluding carboxylic acids is 3. The first-order valence-corrected chi connectivity index (χ1v) is 10.3. The molecule has 0 saturated carbocycles. The molecule has 0 aliphatic carbocycles. The maximum atomic E-state index is 11.5. The van der Waals surface area contributed by atoms with E-state index in [1.165, 1.54) is 11.1 Å². The number of anilines is 1. The molecule has 0 amide bonds. The Kier molecular flexibility index (Phi) is 11.8. The number of fused-ring (bicyclic) bond motifs is 1. The normalized spacial score (nSPS) is 11.8. The molecule has 3 N–H and O–H groups in total. The van der Waals surface area contributed by atoms with Gasteiger partial charge in [-0.3, -0.25) is 9.59 Å². The Bertz CT molecular complexity index is 924. The zero-order chi connectivity index (χ0) is 23.2. The van der Waals surface area contributed by atoms with Crippen LogP contribution in [0, 0.1) is 0 Å². The second-order valence-electron chi connectivity index (χ2n) is 6.75. The summed E-state index contributed by atoms with van der Waals surface area (Å²) in [7, 11) is 0. The van der Waals surface area contributed by atoms with Crippen LogP contribution >= 0.6 is 11.6 Å². The molecule has 0 fully saturated rings. The van der Waals surface area contributed by atoms with Crippen molar-refractivity contribution >= 4 is 35.2 Å². The molecule has 1 aliphatic rings. The number of hydrogen-bond donors (Lipinski definition) is 3. The number of Topliss-reactive ketones (excluding diaryl/α,β-unsaturated/α-hetero) is 1. The van der Waals surface area contributed by atoms with Gasteiger partial charge in [0.1, 0.15) is 0 Å². The van der Waals surface area contributed by atoms with Gasteiger partial charge in [-0.05, 0) is 61.7 Å². The van der Waals surface area contributed by atoms with E-state index in [-0.39, 0.29) is 18.4 Å². The van der Waals surface area contributed by atoms with Gasteiger partial charge in [-0.2, -0.15) is 9.59 Å². The smallest absolute Gasteiger partial charge is 0.373 e. The predicted molar refractivity (Wildman–Crippen MR) is 118 cm³/mol. The minimum atomic E-state index is -0.745. The Morgan fingerprint density at radius 1 is 1.16 bits per heavy atom. The summed E-state index contributed by atoms with van der Waals surface area (Å²) in [6.45, 7) is 5.83. The van der Waals surface area contributed by atoms with E-state index in [0.29, 0.717) is 6.54 Å². The van der Waals surface area contributed by atoms with E-state index in [2.05, 4.69) is 16.7 Å². The van der Waals surface area contributed by atoms with Gasteiger partial charge in [0.05, 0.1) is 10.7 Å². The lowest BCUT2D eigenvalue weighted by Crippen LogP contribution is -2.16. The van der Waals surface area contributed by atoms with Crippen molar-refractivity contribution in [1.29, 1.82) is 0 Å². The topological polar surface area (TPSA) is 113 Å². The Morgan fingerprint density at radius 3 is 2.42 bits per heavy atom. The third kappa shape index (κ3) is 9.13. The number of halogens is 1. The average molecular weight is 447 g/mol. The summed E-state index contributed by atoms with van der Waals surface area (Å²) in [6, 6.07) is 11.8. The van der Waals surface area contributed by atoms with Crippen molar-refractivity contribution in [2.24, 2.45) is 0 Å². The van der Waals surface area contributed by atoms with Crippen LogP contribution in [0.5, 0.6) is 0 Å². The zero-order valence-corrected chi connectivity index (χ0v) is 18.4. The molecule has 3 rings (SSSR count). The fraction of sp³-hybridized carbons (Fsp3) is 0.348. The molecule has 7 nitrogen and oxygen atoms in total. The van der Waals surface area contributed by atoms with Crippen LogP contribution in [0.4, 0.5) is 5.69 Å². The van der Waals surface area contributed by atoms with Gasteiger partial charge in [0.25, 0.3) is 0 Å². The molecule has 0 atom stereocenters. The minimum Gasteiger partial charge on any atom is -0.481 e. The maximum Gasteiger partial charge on any atom is 0.373 e. The van der Waals surface area contributed by atoms with Gasteiger partial charge < -0.3 is 15.7 Å². The summed E-state index contributed by atoms with van der Waals surface area (Å²) in [4.78, 5) is 37.1. The molecule has 0 unspecified atom stereocenters. The Balaban J connectivity index is 0.000000519. The highest BCUT2D eigenvalue weighted by Crippen LogP contribution is 2.31. The third-order valence-corrected chi connectivity index (χ3v) is 4.90. The Morgan fingerprint density at radius 2 is 1.81 bits per heavy atom. The standard InChI is InChI=1S/C19H21ClN2O.C3H6O2.CO2/c1-13(23)16-4-2-3-14(11-16)12-22-19-17-8-10-21-9-7-15(17)5-6-18(19)20;1-2-3(4)5;2-1-3/h2-6,11,21-22H,7-10,12H2,1H3;2H2,1H3,(H,4,5);. The van der Waals surface area contributed by atoms with Crippen LogP contribution in [0.25, 0.3) is 0 Å². The number of rotatable bonds is 5. The van der Waals surface area contributed by atoms with E-state index in [1.807, 2.05) is 30.3 Å². The van der Waals surface area contributed by atoms with Gasteiger partial charge >= 0.3 is 12.1 Å². The van der Waals surface area contributed by atoms with Crippen molar-refractivity contribution in [3.05, 3.63) is 63.7 Å². The first-order chi connectivity index (χ1) is 14.8. The van der Waals surface area contributed by atoms with Gasteiger partial charge in [0, 0.05) is 18.5 Å². The summed E-state index contributed by atoms with van der Waals surface area (Å²) in [5.74, 6) is -0.658. The van der Waals surface area contributed by atoms with Crippen LogP contribution in [0.1, 0.15) is 47.3 Å². The summed E-state index contributed by atoms with van der Waals surface area (Å²) in [5, 5.41) is 15.4. The van der Waals surface area contributed by atoms with E-state index in [0.717, 1.165) is 47.8 Å². The second kappa shape index (κ2) is 14.1. The lowest BCUT2D eigenvalue weighted by molar-refractivity contribution is -0.191. The molecule has 0 spiro atoms. The monoisotopic (exact) mass is 446 g/mol. The fourth-order valence-electron chi connectivity index (χ4n) is 3.03. The zero-order valence-electron chi connectivity index (χ0n) is 17.7. The van der Waals surface area contributed by atoms with Crippen molar-refractivity contribution in [2.45, 2.75) is 39.7 Å². The number of carboxylic acids is 1. The van der Waals surface area contributed by atoms with Crippen LogP contribution < -0.4 is 10.6 Å². The molecule has 0 aromatic heterocycles. The third-order valence-electron chi connectivity index (χ3n) is 4.59. The molecule has 0 saturated heterocycles. The molecular weight excluding hydrogens is 420 g/mol. The van der Waals surface area contributed by atoms with E-state index in [9.17, 15) is 9.59 Å². The highest BCUT2D eigenvalue weighted by molar-refractivity contribution is 6.33. The van der Waals surface area contributed by atoms with E-state index in [4.69, 9.17) is 26.3 Å². The first-order valence-electron chi connectivity index (χ1n) is 9.89. The largest absolute Gasteiger partial charge is 0.481 e. The van der Waals surface area contributed by atoms with Crippen LogP contribution in [-0.4, -0.2) is 36.1 Å². The lowest BCUT2D eigenvalue weighted by Gasteiger charge is -2.16. The van der Waals surface area contributed by atoms with Gasteiger partial charge in [-0.15, -0.1) is 0 Å². The van der Waals surface area contributed by atoms with Crippen molar-refractivity contribution in [2.75, 3.05) is 18.4 Å². The molecule has 2 aromatic carbocycles. The van der Waals surface area contributed by atoms with Crippen LogP contribution in [-0.2, 0) is 33.8 Å². The molecule has 2 aromatic rings. The molecule has 0 bridgehead atoms. The average Bonchev–Trinajstić information content (AvgIpc) is 3.00. The quantitative estimate of drug-likeness (QED) is 0.599. The number of carbonyl (C=O) groups is 2. The molecule has 0 radical (unpaired) electrons. The molecule has 31 heavy (non-hydrogen) atoms. The molecule has 1 aliphatic heterocycles. The van der Waals surface area contributed by atoms with E-state index >= 15 is 0 Å². The summed E-state index contributed by atoms with van der Waals surface area (Å²) in [5.41, 5.74) is 5.52. The van der Waals surface area contributed by atoms with Crippen molar-refractivity contribution in [1.82, 2.24) is 5.32 Å². The first kappa shape index (κ1) is 26.0. The molecule has 1 heterocycles. The predicted octanol–water partition coefficient (Wildman–Crippen LogP) is 3.74. The van der Waals surface area contributed by atoms with E-state index < -0.39 is 5.97 Å². The molecular formula is C23H27ClN2O5. The summed E-state index contributed by atoms with van der Waals surface area (Å²) >= 11 is 6.43. The number of nitrogens with one attached hydrogen (secondary N) is 2. The summed E-state index contributed by atoms with van der Waals surface area (Å²) < 4.78 is 0. The van der Waals surface area contributed by atoms with Crippen molar-refractivity contribution < 1.29 is 24.3 Å². The highest BCUT2D eigenvalue weighted by atomic mass is 35.5. The molecule has 166 valence electrons. The van der Waals surface area contributed by atoms with Crippen molar-refractivity contribution in [3.63, 3.8) is 0 Å². The minimum absolute atomic E-state index is 0.0875. The van der Waals surface area contributed by atoms with Crippen LogP contribution in [0.15, 0.2) is 36.4 Å². The molecule has 8 heteroatoms. The van der Waals surface area contributed by atoms with Crippen LogP contribution in [0.3, 0.4) is 0 Å². The van der Waals surface area contributed by atoms with Gasteiger partial charge in [-0.1, -0.05) is 42.8 Å². The number of benzene rings is 2. The number of hydrogen-bond acceptors (Lipinski definition) is 6. The number of aliphatic carboxylic acids is 1. The SMILES string of the molecule is CC(=O)c1cccc(CNc2c(Cl)ccc3c2CCNCC3)c1.CCC(=O)O.O=C=O. The Labute approximate surface area is 186 Å². The highest BCUT2D eigenvalue weighted by Gasteiger charge is 2.14. The Hall–Kier alpha value is -2.99. The number of carboxylic acid groups (broad SMARTS) is 1. The van der Waals surface area contributed by atoms with E-state index in [1.54, 1.807) is 13.8 Å².